The summed E-state index contributed by atoms with van der Waals surface area (Å²) in [4.78, 5) is 2.33. The molecule has 3 heterocycles. The van der Waals surface area contributed by atoms with Crippen LogP contribution in [0.3, 0.4) is 0 Å². The summed E-state index contributed by atoms with van der Waals surface area (Å²) in [5, 5.41) is 6.82. The van der Waals surface area contributed by atoms with Gasteiger partial charge in [-0.25, -0.2) is 0 Å². The van der Waals surface area contributed by atoms with Gasteiger partial charge >= 0.3 is 0 Å². The quantitative estimate of drug-likeness (QED) is 0.805. The second-order valence-corrected chi connectivity index (χ2v) is 6.70. The molecule has 0 radical (unpaired) electrons. The molecule has 132 valence electrons. The van der Waals surface area contributed by atoms with Crippen LogP contribution in [0.25, 0.3) is 5.69 Å². The van der Waals surface area contributed by atoms with E-state index in [2.05, 4.69) is 52.6 Å². The van der Waals surface area contributed by atoms with Crippen LogP contribution in [0.2, 0.25) is 0 Å². The second-order valence-electron chi connectivity index (χ2n) is 6.70. The molecule has 25 heavy (non-hydrogen) atoms. The van der Waals surface area contributed by atoms with Gasteiger partial charge in [-0.3, -0.25) is 5.01 Å². The number of nitrogens with zero attached hydrogens (tertiary/aromatic N) is 4. The number of benzene rings is 1. The van der Waals surface area contributed by atoms with Gasteiger partial charge in [0.15, 0.2) is 11.5 Å². The Balaban J connectivity index is 1.59. The molecule has 2 aliphatic heterocycles. The van der Waals surface area contributed by atoms with Crippen LogP contribution < -0.4 is 9.47 Å². The number of hydrazone groups is 1. The minimum Gasteiger partial charge on any atom is -0.454 e. The topological polar surface area (TPSA) is 42.2 Å². The van der Waals surface area contributed by atoms with Gasteiger partial charge in [-0.1, -0.05) is 0 Å². The summed E-state index contributed by atoms with van der Waals surface area (Å²) in [6.07, 6.45) is 1.98. The molecule has 6 heteroatoms. The summed E-state index contributed by atoms with van der Waals surface area (Å²) in [5.41, 5.74) is 4.58. The molecule has 6 nitrogen and oxygen atoms in total. The zero-order valence-electron chi connectivity index (χ0n) is 15.0. The maximum Gasteiger partial charge on any atom is 0.231 e. The first kappa shape index (κ1) is 16.0. The molecule has 0 bridgehead atoms. The Morgan fingerprint density at radius 1 is 1.00 bits per heavy atom. The number of fused-ring (bicyclic) bond motifs is 1. The number of piperazine rings is 1. The van der Waals surface area contributed by atoms with Crippen LogP contribution in [0.4, 0.5) is 0 Å². The van der Waals surface area contributed by atoms with E-state index in [0.717, 1.165) is 48.9 Å². The maximum atomic E-state index is 5.51. The van der Waals surface area contributed by atoms with Crippen molar-refractivity contribution in [3.63, 3.8) is 0 Å². The molecule has 1 aromatic heterocycles. The standard InChI is InChI=1S/C19H24N4O2/c1-14-10-16(12-20-22-8-6-21(3)7-9-22)15(2)23(14)17-4-5-18-19(11-17)25-13-24-18/h4-5,10-12H,6-9,13H2,1-3H3/b20-12-. The third-order valence-corrected chi connectivity index (χ3v) is 4.92. The van der Waals surface area contributed by atoms with E-state index in [1.54, 1.807) is 0 Å². The molecular formula is C19H24N4O2. The SMILES string of the molecule is Cc1cc(/C=N\N2CCN(C)CC2)c(C)n1-c1ccc2c(c1)OCO2. The summed E-state index contributed by atoms with van der Waals surface area (Å²) in [6, 6.07) is 8.24. The van der Waals surface area contributed by atoms with Gasteiger partial charge in [-0.15, -0.1) is 0 Å². The predicted molar refractivity (Wildman–Crippen MR) is 98.0 cm³/mol. The van der Waals surface area contributed by atoms with E-state index in [-0.39, 0.29) is 0 Å². The number of rotatable bonds is 3. The Morgan fingerprint density at radius 3 is 2.56 bits per heavy atom. The lowest BCUT2D eigenvalue weighted by Gasteiger charge is -2.30. The second kappa shape index (κ2) is 6.44. The average Bonchev–Trinajstić information content (AvgIpc) is 3.18. The summed E-state index contributed by atoms with van der Waals surface area (Å²) in [5.74, 6) is 1.61. The zero-order chi connectivity index (χ0) is 17.4. The molecule has 2 aliphatic rings. The van der Waals surface area contributed by atoms with Gasteiger partial charge in [-0.2, -0.15) is 5.10 Å². The van der Waals surface area contributed by atoms with Crippen molar-refractivity contribution in [2.24, 2.45) is 5.10 Å². The van der Waals surface area contributed by atoms with Crippen molar-refractivity contribution in [1.82, 2.24) is 14.5 Å². The van der Waals surface area contributed by atoms with Crippen molar-refractivity contribution >= 4 is 6.21 Å². The Hall–Kier alpha value is -2.47. The fourth-order valence-corrected chi connectivity index (χ4v) is 3.40. The molecule has 0 saturated carbocycles. The fraction of sp³-hybridized carbons (Fsp3) is 0.421. The Labute approximate surface area is 148 Å². The zero-order valence-corrected chi connectivity index (χ0v) is 15.0. The van der Waals surface area contributed by atoms with Crippen molar-refractivity contribution in [2.75, 3.05) is 40.0 Å². The highest BCUT2D eigenvalue weighted by atomic mass is 16.7. The van der Waals surface area contributed by atoms with E-state index in [0.29, 0.717) is 6.79 Å². The van der Waals surface area contributed by atoms with Crippen molar-refractivity contribution in [1.29, 1.82) is 0 Å². The van der Waals surface area contributed by atoms with Crippen LogP contribution in [0.1, 0.15) is 17.0 Å². The predicted octanol–water partition coefficient (Wildman–Crippen LogP) is 2.40. The van der Waals surface area contributed by atoms with Gasteiger partial charge < -0.3 is 18.9 Å². The van der Waals surface area contributed by atoms with E-state index in [1.807, 2.05) is 18.3 Å². The van der Waals surface area contributed by atoms with Gasteiger partial charge in [-0.05, 0) is 39.1 Å². The first-order chi connectivity index (χ1) is 12.1. The molecule has 0 amide bonds. The van der Waals surface area contributed by atoms with E-state index in [4.69, 9.17) is 9.47 Å². The highest BCUT2D eigenvalue weighted by Crippen LogP contribution is 2.34. The van der Waals surface area contributed by atoms with Crippen LogP contribution >= 0.6 is 0 Å². The van der Waals surface area contributed by atoms with Gasteiger partial charge in [0, 0.05) is 54.9 Å². The number of aromatic nitrogens is 1. The third-order valence-electron chi connectivity index (χ3n) is 4.92. The van der Waals surface area contributed by atoms with E-state index in [9.17, 15) is 0 Å². The lowest BCUT2D eigenvalue weighted by Crippen LogP contribution is -2.41. The highest BCUT2D eigenvalue weighted by Gasteiger charge is 2.17. The van der Waals surface area contributed by atoms with Crippen molar-refractivity contribution < 1.29 is 9.47 Å². The minimum absolute atomic E-state index is 0.297. The van der Waals surface area contributed by atoms with E-state index >= 15 is 0 Å². The van der Waals surface area contributed by atoms with Crippen LogP contribution in [0.15, 0.2) is 29.4 Å². The van der Waals surface area contributed by atoms with Crippen LogP contribution in [-0.4, -0.2) is 60.7 Å². The number of aryl methyl sites for hydroxylation is 1. The first-order valence-electron chi connectivity index (χ1n) is 8.68. The molecule has 2 aromatic rings. The van der Waals surface area contributed by atoms with Gasteiger partial charge in [0.05, 0.1) is 6.21 Å². The lowest BCUT2D eigenvalue weighted by molar-refractivity contribution is 0.159. The molecule has 0 spiro atoms. The largest absolute Gasteiger partial charge is 0.454 e. The first-order valence-corrected chi connectivity index (χ1v) is 8.68. The number of ether oxygens (including phenoxy) is 2. The van der Waals surface area contributed by atoms with Gasteiger partial charge in [0.2, 0.25) is 6.79 Å². The fourth-order valence-electron chi connectivity index (χ4n) is 3.40. The summed E-state index contributed by atoms with van der Waals surface area (Å²) in [7, 11) is 2.15. The minimum atomic E-state index is 0.297. The van der Waals surface area contributed by atoms with Crippen molar-refractivity contribution in [2.45, 2.75) is 13.8 Å². The molecule has 1 saturated heterocycles. The Bertz CT molecular complexity index is 804. The number of hydrogen-bond donors (Lipinski definition) is 0. The van der Waals surface area contributed by atoms with Crippen LogP contribution in [0.5, 0.6) is 11.5 Å². The monoisotopic (exact) mass is 340 g/mol. The van der Waals surface area contributed by atoms with Gasteiger partial charge in [0.1, 0.15) is 0 Å². The number of likely N-dealkylation sites (N-methyl/N-ethyl adjacent to an activating group) is 1. The summed E-state index contributed by atoms with van der Waals surface area (Å²) >= 11 is 0. The van der Waals surface area contributed by atoms with E-state index in [1.165, 1.54) is 11.4 Å². The molecular weight excluding hydrogens is 316 g/mol. The molecule has 0 unspecified atom stereocenters. The Kier molecular flexibility index (Phi) is 4.13. The van der Waals surface area contributed by atoms with Crippen molar-refractivity contribution in [3.05, 3.63) is 41.2 Å². The van der Waals surface area contributed by atoms with E-state index < -0.39 is 0 Å². The van der Waals surface area contributed by atoms with Crippen LogP contribution in [0, 0.1) is 13.8 Å². The normalized spacial score (nSPS) is 17.6. The molecule has 0 atom stereocenters. The highest BCUT2D eigenvalue weighted by molar-refractivity contribution is 5.82. The Morgan fingerprint density at radius 2 is 1.76 bits per heavy atom. The molecule has 0 aliphatic carbocycles. The smallest absolute Gasteiger partial charge is 0.231 e. The summed E-state index contributed by atoms with van der Waals surface area (Å²) in [6.45, 7) is 8.63. The summed E-state index contributed by atoms with van der Waals surface area (Å²) < 4.78 is 13.1. The number of hydrogen-bond acceptors (Lipinski definition) is 5. The van der Waals surface area contributed by atoms with Gasteiger partial charge in [0.25, 0.3) is 0 Å². The lowest BCUT2D eigenvalue weighted by atomic mass is 10.2. The average molecular weight is 340 g/mol. The van der Waals surface area contributed by atoms with Crippen molar-refractivity contribution in [3.8, 4) is 17.2 Å². The molecule has 0 N–H and O–H groups in total. The maximum absolute atomic E-state index is 5.51. The van der Waals surface area contributed by atoms with Crippen LogP contribution in [-0.2, 0) is 0 Å². The molecule has 1 aromatic carbocycles. The molecule has 4 rings (SSSR count). The third kappa shape index (κ3) is 3.09. The molecule has 1 fully saturated rings.